The summed E-state index contributed by atoms with van der Waals surface area (Å²) in [5, 5.41) is 2.98. The number of hydrogen-bond donors (Lipinski definition) is 1. The van der Waals surface area contributed by atoms with E-state index in [2.05, 4.69) is 21.2 Å². The molecular weight excluding hydrogens is 386 g/mol. The topological polar surface area (TPSA) is 56.8 Å². The van der Waals surface area contributed by atoms with Crippen molar-refractivity contribution in [2.24, 2.45) is 0 Å². The van der Waals surface area contributed by atoms with Crippen molar-refractivity contribution < 1.29 is 19.0 Å². The monoisotopic (exact) mass is 405 g/mol. The Kier molecular flexibility index (Phi) is 5.18. The Morgan fingerprint density at radius 2 is 1.92 bits per heavy atom. The lowest BCUT2D eigenvalue weighted by molar-refractivity contribution is -0.117. The van der Waals surface area contributed by atoms with E-state index in [1.165, 1.54) is 0 Å². The minimum absolute atomic E-state index is 0.111. The van der Waals surface area contributed by atoms with Crippen LogP contribution in [-0.2, 0) is 4.79 Å². The van der Waals surface area contributed by atoms with E-state index in [9.17, 15) is 4.79 Å². The van der Waals surface area contributed by atoms with Crippen LogP contribution in [0.4, 0.5) is 5.69 Å². The van der Waals surface area contributed by atoms with Gasteiger partial charge in [0.1, 0.15) is 19.0 Å². The summed E-state index contributed by atoms with van der Waals surface area (Å²) in [6, 6.07) is 9.37. The average Bonchev–Trinajstić information content (AvgIpc) is 2.62. The summed E-state index contributed by atoms with van der Waals surface area (Å²) in [5.41, 5.74) is 2.48. The Balaban J connectivity index is 1.82. The van der Waals surface area contributed by atoms with Gasteiger partial charge in [-0.2, -0.15) is 0 Å². The Morgan fingerprint density at radius 1 is 1.20 bits per heavy atom. The molecule has 0 aliphatic carbocycles. The number of aryl methyl sites for hydroxylation is 1. The summed E-state index contributed by atoms with van der Waals surface area (Å²) in [5.74, 6) is 1.56. The van der Waals surface area contributed by atoms with Gasteiger partial charge in [0.05, 0.1) is 18.7 Å². The van der Waals surface area contributed by atoms with Crippen LogP contribution in [0.2, 0.25) is 0 Å². The molecule has 132 valence electrons. The molecule has 25 heavy (non-hydrogen) atoms. The Labute approximate surface area is 155 Å². The highest BCUT2D eigenvalue weighted by molar-refractivity contribution is 9.10. The fourth-order valence-electron chi connectivity index (χ4n) is 2.75. The summed E-state index contributed by atoms with van der Waals surface area (Å²) in [6.07, 6.45) is 0. The van der Waals surface area contributed by atoms with Gasteiger partial charge in [0.25, 0.3) is 0 Å². The molecule has 0 saturated heterocycles. The molecular formula is C19H20BrNO4. The first kappa shape index (κ1) is 17.6. The Hall–Kier alpha value is -2.21. The molecule has 0 saturated carbocycles. The second-order valence-electron chi connectivity index (χ2n) is 5.91. The van der Waals surface area contributed by atoms with Gasteiger partial charge in [-0.05, 0) is 49.2 Å². The first-order valence-electron chi connectivity index (χ1n) is 8.04. The molecule has 2 aromatic rings. The van der Waals surface area contributed by atoms with Crippen LogP contribution in [-0.4, -0.2) is 26.2 Å². The van der Waals surface area contributed by atoms with Gasteiger partial charge in [0.2, 0.25) is 5.91 Å². The molecule has 2 aromatic carbocycles. The molecule has 6 heteroatoms. The maximum atomic E-state index is 12.7. The molecule has 1 amide bonds. The largest absolute Gasteiger partial charge is 0.495 e. The zero-order chi connectivity index (χ0) is 18.0. The summed E-state index contributed by atoms with van der Waals surface area (Å²) in [7, 11) is 1.58. The second kappa shape index (κ2) is 7.35. The van der Waals surface area contributed by atoms with Gasteiger partial charge < -0.3 is 19.5 Å². The molecule has 5 nitrogen and oxygen atoms in total. The van der Waals surface area contributed by atoms with Crippen LogP contribution in [0.15, 0.2) is 34.8 Å². The fourth-order valence-corrected chi connectivity index (χ4v) is 3.30. The number of nitrogens with one attached hydrogen (secondary N) is 1. The Bertz CT molecular complexity index is 806. The number of halogens is 1. The number of fused-ring (bicyclic) bond motifs is 1. The number of carbonyl (C=O) groups excluding carboxylic acids is 1. The van der Waals surface area contributed by atoms with Crippen molar-refractivity contribution in [2.45, 2.75) is 19.8 Å². The van der Waals surface area contributed by atoms with E-state index < -0.39 is 0 Å². The molecule has 0 radical (unpaired) electrons. The number of anilines is 1. The number of methoxy groups -OCH3 is 1. The third-order valence-corrected chi connectivity index (χ3v) is 4.65. The fraction of sp³-hybridized carbons (Fsp3) is 0.316. The van der Waals surface area contributed by atoms with Gasteiger partial charge in [-0.1, -0.05) is 22.0 Å². The van der Waals surface area contributed by atoms with Crippen molar-refractivity contribution in [2.75, 3.05) is 25.6 Å². The molecule has 1 N–H and O–H groups in total. The number of rotatable bonds is 4. The lowest BCUT2D eigenvalue weighted by Crippen LogP contribution is -2.21. The highest BCUT2D eigenvalue weighted by Gasteiger charge is 2.21. The van der Waals surface area contributed by atoms with Crippen molar-refractivity contribution >= 4 is 27.5 Å². The molecule has 1 unspecified atom stereocenters. The molecule has 3 rings (SSSR count). The van der Waals surface area contributed by atoms with Crippen molar-refractivity contribution in [3.8, 4) is 17.2 Å². The molecule has 1 heterocycles. The lowest BCUT2D eigenvalue weighted by Gasteiger charge is -2.21. The zero-order valence-corrected chi connectivity index (χ0v) is 16.0. The zero-order valence-electron chi connectivity index (χ0n) is 14.4. The van der Waals surface area contributed by atoms with E-state index in [1.807, 2.05) is 44.2 Å². The maximum Gasteiger partial charge on any atom is 0.231 e. The summed E-state index contributed by atoms with van der Waals surface area (Å²) in [4.78, 5) is 12.7. The molecule has 1 atom stereocenters. The van der Waals surface area contributed by atoms with Gasteiger partial charge in [-0.15, -0.1) is 0 Å². The van der Waals surface area contributed by atoms with E-state index in [0.29, 0.717) is 36.1 Å². The smallest absolute Gasteiger partial charge is 0.231 e. The minimum atomic E-state index is -0.344. The van der Waals surface area contributed by atoms with Crippen LogP contribution >= 0.6 is 15.9 Å². The SMILES string of the molecule is COc1cc(Br)cc(C)c1NC(=O)C(C)c1ccc2c(c1)OCCO2. The Morgan fingerprint density at radius 3 is 2.64 bits per heavy atom. The molecule has 1 aliphatic heterocycles. The van der Waals surface area contributed by atoms with E-state index in [4.69, 9.17) is 14.2 Å². The van der Waals surface area contributed by atoms with Crippen molar-refractivity contribution in [1.82, 2.24) is 0 Å². The average molecular weight is 406 g/mol. The molecule has 0 spiro atoms. The third-order valence-electron chi connectivity index (χ3n) is 4.19. The highest BCUT2D eigenvalue weighted by Crippen LogP contribution is 2.35. The van der Waals surface area contributed by atoms with Crippen LogP contribution in [0, 0.1) is 6.92 Å². The maximum absolute atomic E-state index is 12.7. The standard InChI is InChI=1S/C19H20BrNO4/c1-11-8-14(20)10-17(23-3)18(11)21-19(22)12(2)13-4-5-15-16(9-13)25-7-6-24-15/h4-5,8-10,12H,6-7H2,1-3H3,(H,21,22). The second-order valence-corrected chi connectivity index (χ2v) is 6.83. The van der Waals surface area contributed by atoms with E-state index in [-0.39, 0.29) is 11.8 Å². The molecule has 1 aliphatic rings. The number of hydrogen-bond acceptors (Lipinski definition) is 4. The van der Waals surface area contributed by atoms with Crippen molar-refractivity contribution in [1.29, 1.82) is 0 Å². The van der Waals surface area contributed by atoms with Crippen molar-refractivity contribution in [3.05, 3.63) is 45.9 Å². The van der Waals surface area contributed by atoms with Crippen molar-refractivity contribution in [3.63, 3.8) is 0 Å². The van der Waals surface area contributed by atoms with E-state index in [1.54, 1.807) is 7.11 Å². The quantitative estimate of drug-likeness (QED) is 0.824. The van der Waals surface area contributed by atoms with Gasteiger partial charge in [-0.3, -0.25) is 4.79 Å². The molecule has 0 fully saturated rings. The summed E-state index contributed by atoms with van der Waals surface area (Å²) in [6.45, 7) is 4.86. The van der Waals surface area contributed by atoms with Gasteiger partial charge >= 0.3 is 0 Å². The molecule has 0 aromatic heterocycles. The van der Waals surface area contributed by atoms with Gasteiger partial charge in [0.15, 0.2) is 11.5 Å². The number of ether oxygens (including phenoxy) is 3. The van der Waals surface area contributed by atoms with Crippen LogP contribution in [0.3, 0.4) is 0 Å². The summed E-state index contributed by atoms with van der Waals surface area (Å²) >= 11 is 3.44. The van der Waals surface area contributed by atoms with E-state index in [0.717, 1.165) is 15.6 Å². The summed E-state index contributed by atoms with van der Waals surface area (Å²) < 4.78 is 17.4. The van der Waals surface area contributed by atoms with Crippen LogP contribution in [0.5, 0.6) is 17.2 Å². The van der Waals surface area contributed by atoms with E-state index >= 15 is 0 Å². The first-order chi connectivity index (χ1) is 12.0. The number of amides is 1. The third kappa shape index (κ3) is 3.74. The minimum Gasteiger partial charge on any atom is -0.495 e. The first-order valence-corrected chi connectivity index (χ1v) is 8.83. The van der Waals surface area contributed by atoms with Crippen LogP contribution in [0.25, 0.3) is 0 Å². The number of benzene rings is 2. The predicted octanol–water partition coefficient (Wildman–Crippen LogP) is 4.28. The lowest BCUT2D eigenvalue weighted by atomic mass is 9.99. The normalized spacial score (nSPS) is 13.9. The highest BCUT2D eigenvalue weighted by atomic mass is 79.9. The van der Waals surface area contributed by atoms with Gasteiger partial charge in [0, 0.05) is 4.47 Å². The van der Waals surface area contributed by atoms with Crippen LogP contribution in [0.1, 0.15) is 24.0 Å². The molecule has 0 bridgehead atoms. The van der Waals surface area contributed by atoms with Gasteiger partial charge in [-0.25, -0.2) is 0 Å². The predicted molar refractivity (Wildman–Crippen MR) is 99.9 cm³/mol. The number of carbonyl (C=O) groups is 1. The van der Waals surface area contributed by atoms with Crippen LogP contribution < -0.4 is 19.5 Å².